The molecule has 20 heavy (non-hydrogen) atoms. The lowest BCUT2D eigenvalue weighted by atomic mass is 10.2. The molecule has 0 aliphatic heterocycles. The van der Waals surface area contributed by atoms with E-state index in [1.165, 1.54) is 0 Å². The van der Waals surface area contributed by atoms with Crippen molar-refractivity contribution >= 4 is 11.0 Å². The lowest BCUT2D eigenvalue weighted by molar-refractivity contribution is 0.295. The summed E-state index contributed by atoms with van der Waals surface area (Å²) in [5.74, 6) is 1.70. The van der Waals surface area contributed by atoms with Crippen LogP contribution in [0.2, 0.25) is 0 Å². The van der Waals surface area contributed by atoms with Gasteiger partial charge in [0, 0.05) is 6.54 Å². The molecule has 0 fully saturated rings. The number of aromatic nitrogens is 2. The van der Waals surface area contributed by atoms with Crippen molar-refractivity contribution in [2.75, 3.05) is 0 Å². The molecular weight excluding hydrogens is 250 g/mol. The van der Waals surface area contributed by atoms with Crippen molar-refractivity contribution in [2.24, 2.45) is 5.73 Å². The van der Waals surface area contributed by atoms with Crippen LogP contribution in [0.1, 0.15) is 17.0 Å². The molecule has 0 spiro atoms. The second-order valence-corrected chi connectivity index (χ2v) is 4.79. The van der Waals surface area contributed by atoms with Crippen LogP contribution in [0.15, 0.2) is 42.5 Å². The molecule has 0 bridgehead atoms. The number of nitrogens with zero attached hydrogens (tertiary/aromatic N) is 1. The summed E-state index contributed by atoms with van der Waals surface area (Å²) in [6.45, 7) is 2.99. The molecule has 4 nitrogen and oxygen atoms in total. The maximum atomic E-state index is 5.79. The molecule has 0 amide bonds. The number of rotatable bonds is 4. The third kappa shape index (κ3) is 2.51. The van der Waals surface area contributed by atoms with E-state index < -0.39 is 0 Å². The number of nitrogens with two attached hydrogens (primary N) is 1. The summed E-state index contributed by atoms with van der Waals surface area (Å²) >= 11 is 0. The third-order valence-corrected chi connectivity index (χ3v) is 3.29. The third-order valence-electron chi connectivity index (χ3n) is 3.29. The normalized spacial score (nSPS) is 10.9. The van der Waals surface area contributed by atoms with Gasteiger partial charge in [-0.25, -0.2) is 4.98 Å². The summed E-state index contributed by atoms with van der Waals surface area (Å²) in [6.07, 6.45) is 0. The van der Waals surface area contributed by atoms with Crippen LogP contribution in [0.4, 0.5) is 0 Å². The molecule has 4 heteroatoms. The lowest BCUT2D eigenvalue weighted by Crippen LogP contribution is -1.98. The molecule has 3 aromatic rings. The first-order valence-electron chi connectivity index (χ1n) is 6.62. The van der Waals surface area contributed by atoms with Crippen molar-refractivity contribution in [3.05, 3.63) is 59.4 Å². The van der Waals surface area contributed by atoms with Gasteiger partial charge in [-0.3, -0.25) is 0 Å². The largest absolute Gasteiger partial charge is 0.485 e. The number of imidazole rings is 1. The Bertz CT molecular complexity index is 733. The van der Waals surface area contributed by atoms with Gasteiger partial charge in [-0.05, 0) is 36.2 Å². The van der Waals surface area contributed by atoms with Crippen LogP contribution in [-0.2, 0) is 13.2 Å². The van der Waals surface area contributed by atoms with Crippen LogP contribution in [0.5, 0.6) is 5.75 Å². The highest BCUT2D eigenvalue weighted by Crippen LogP contribution is 2.19. The minimum Gasteiger partial charge on any atom is -0.485 e. The summed E-state index contributed by atoms with van der Waals surface area (Å²) in [4.78, 5) is 7.78. The first kappa shape index (κ1) is 12.7. The topological polar surface area (TPSA) is 63.9 Å². The second-order valence-electron chi connectivity index (χ2n) is 4.79. The maximum absolute atomic E-state index is 5.79. The smallest absolute Gasteiger partial charge is 0.146 e. The van der Waals surface area contributed by atoms with E-state index in [0.29, 0.717) is 13.2 Å². The van der Waals surface area contributed by atoms with Crippen molar-refractivity contribution in [3.63, 3.8) is 0 Å². The van der Waals surface area contributed by atoms with Crippen LogP contribution in [0.25, 0.3) is 11.0 Å². The highest BCUT2D eigenvalue weighted by atomic mass is 16.5. The predicted octanol–water partition coefficient (Wildman–Crippen LogP) is 2.91. The highest BCUT2D eigenvalue weighted by molar-refractivity contribution is 5.75. The van der Waals surface area contributed by atoms with Crippen molar-refractivity contribution in [1.29, 1.82) is 0 Å². The molecule has 0 atom stereocenters. The van der Waals surface area contributed by atoms with Gasteiger partial charge in [0.2, 0.25) is 0 Å². The Labute approximate surface area is 117 Å². The zero-order valence-corrected chi connectivity index (χ0v) is 11.4. The lowest BCUT2D eigenvalue weighted by Gasteiger charge is -2.06. The fraction of sp³-hybridized carbons (Fsp3) is 0.188. The Morgan fingerprint density at radius 2 is 2.05 bits per heavy atom. The van der Waals surface area contributed by atoms with Crippen LogP contribution in [0.3, 0.4) is 0 Å². The Hall–Kier alpha value is -2.33. The fourth-order valence-electron chi connectivity index (χ4n) is 2.17. The minimum atomic E-state index is 0.428. The number of hydrogen-bond acceptors (Lipinski definition) is 3. The van der Waals surface area contributed by atoms with Crippen LogP contribution >= 0.6 is 0 Å². The van der Waals surface area contributed by atoms with Crippen LogP contribution in [-0.4, -0.2) is 9.97 Å². The summed E-state index contributed by atoms with van der Waals surface area (Å²) in [6, 6.07) is 14.0. The number of hydrogen-bond donors (Lipinski definition) is 2. The fourth-order valence-corrected chi connectivity index (χ4v) is 2.17. The van der Waals surface area contributed by atoms with Gasteiger partial charge in [-0.1, -0.05) is 24.3 Å². The second kappa shape index (κ2) is 5.35. The van der Waals surface area contributed by atoms with E-state index in [2.05, 4.69) is 9.97 Å². The van der Waals surface area contributed by atoms with Crippen LogP contribution in [0, 0.1) is 6.92 Å². The van der Waals surface area contributed by atoms with E-state index in [9.17, 15) is 0 Å². The van der Waals surface area contributed by atoms with Gasteiger partial charge >= 0.3 is 0 Å². The summed E-state index contributed by atoms with van der Waals surface area (Å²) in [5.41, 5.74) is 9.78. The van der Waals surface area contributed by atoms with E-state index in [-0.39, 0.29) is 0 Å². The van der Waals surface area contributed by atoms with Gasteiger partial charge in [0.05, 0.1) is 11.0 Å². The molecule has 3 N–H and O–H groups in total. The Morgan fingerprint density at radius 1 is 1.20 bits per heavy atom. The van der Waals surface area contributed by atoms with Crippen molar-refractivity contribution in [3.8, 4) is 5.75 Å². The van der Waals surface area contributed by atoms with E-state index in [0.717, 1.165) is 33.7 Å². The molecule has 0 aliphatic rings. The van der Waals surface area contributed by atoms with Crippen molar-refractivity contribution in [1.82, 2.24) is 9.97 Å². The number of para-hydroxylation sites is 1. The zero-order chi connectivity index (χ0) is 13.9. The molecule has 0 unspecified atom stereocenters. The highest BCUT2D eigenvalue weighted by Gasteiger charge is 2.05. The number of aryl methyl sites for hydroxylation is 1. The van der Waals surface area contributed by atoms with Crippen molar-refractivity contribution in [2.45, 2.75) is 20.1 Å². The molecule has 102 valence electrons. The summed E-state index contributed by atoms with van der Waals surface area (Å²) in [5, 5.41) is 0. The Balaban J connectivity index is 1.79. The number of fused-ring (bicyclic) bond motifs is 1. The quantitative estimate of drug-likeness (QED) is 0.764. The van der Waals surface area contributed by atoms with Crippen LogP contribution < -0.4 is 10.5 Å². The number of nitrogens with one attached hydrogen (secondary N) is 1. The number of H-pyrrole nitrogens is 1. The zero-order valence-electron chi connectivity index (χ0n) is 11.4. The molecule has 1 aromatic heterocycles. The first-order chi connectivity index (χ1) is 9.76. The first-order valence-corrected chi connectivity index (χ1v) is 6.62. The van der Waals surface area contributed by atoms with E-state index in [1.54, 1.807) is 0 Å². The van der Waals surface area contributed by atoms with E-state index in [4.69, 9.17) is 10.5 Å². The molecule has 0 aliphatic carbocycles. The molecular formula is C16H17N3O. The number of ether oxygens (including phenoxy) is 1. The SMILES string of the molecule is Cc1ccccc1OCc1nc2ccc(CN)cc2[nH]1. The maximum Gasteiger partial charge on any atom is 0.146 e. The molecule has 2 aromatic carbocycles. The predicted molar refractivity (Wildman–Crippen MR) is 79.5 cm³/mol. The average Bonchev–Trinajstić information content (AvgIpc) is 2.88. The monoisotopic (exact) mass is 267 g/mol. The van der Waals surface area contributed by atoms with Gasteiger partial charge < -0.3 is 15.5 Å². The Kier molecular flexibility index (Phi) is 3.39. The van der Waals surface area contributed by atoms with E-state index in [1.807, 2.05) is 49.4 Å². The summed E-state index contributed by atoms with van der Waals surface area (Å²) < 4.78 is 5.79. The number of benzene rings is 2. The van der Waals surface area contributed by atoms with Gasteiger partial charge in [0.1, 0.15) is 18.2 Å². The molecule has 0 saturated heterocycles. The average molecular weight is 267 g/mol. The van der Waals surface area contributed by atoms with Gasteiger partial charge in [0.15, 0.2) is 0 Å². The number of aromatic amines is 1. The molecule has 1 heterocycles. The standard InChI is InChI=1S/C16H17N3O/c1-11-4-2-3-5-15(11)20-10-16-18-13-7-6-12(9-17)8-14(13)19-16/h2-8H,9-10,17H2,1H3,(H,18,19). The van der Waals surface area contributed by atoms with Gasteiger partial charge in [-0.15, -0.1) is 0 Å². The van der Waals surface area contributed by atoms with E-state index >= 15 is 0 Å². The molecule has 0 radical (unpaired) electrons. The summed E-state index contributed by atoms with van der Waals surface area (Å²) in [7, 11) is 0. The molecule has 0 saturated carbocycles. The molecule has 3 rings (SSSR count). The Morgan fingerprint density at radius 3 is 2.85 bits per heavy atom. The van der Waals surface area contributed by atoms with Gasteiger partial charge in [-0.2, -0.15) is 0 Å². The van der Waals surface area contributed by atoms with Gasteiger partial charge in [0.25, 0.3) is 0 Å². The minimum absolute atomic E-state index is 0.428. The van der Waals surface area contributed by atoms with Crippen molar-refractivity contribution < 1.29 is 4.74 Å².